The number of aromatic nitrogens is 1. The third-order valence-corrected chi connectivity index (χ3v) is 7.08. The van der Waals surface area contributed by atoms with Gasteiger partial charge in [-0.3, -0.25) is 9.69 Å². The minimum absolute atomic E-state index is 0.0184. The van der Waals surface area contributed by atoms with Crippen LogP contribution in [0.15, 0.2) is 41.3 Å². The molecule has 0 aliphatic rings. The van der Waals surface area contributed by atoms with E-state index in [1.54, 1.807) is 23.5 Å². The van der Waals surface area contributed by atoms with Crippen LogP contribution in [0.2, 0.25) is 0 Å². The van der Waals surface area contributed by atoms with Gasteiger partial charge >= 0.3 is 0 Å². The summed E-state index contributed by atoms with van der Waals surface area (Å²) < 4.78 is 14.3. The molecule has 30 heavy (non-hydrogen) atoms. The van der Waals surface area contributed by atoms with E-state index in [2.05, 4.69) is 44.7 Å². The first-order chi connectivity index (χ1) is 14.4. The van der Waals surface area contributed by atoms with Crippen LogP contribution in [-0.2, 0) is 4.79 Å². The number of carbonyl (C=O) groups excluding carboxylic acids is 1. The predicted octanol–water partition coefficient (Wildman–Crippen LogP) is 5.52. The summed E-state index contributed by atoms with van der Waals surface area (Å²) in [4.78, 5) is 23.0. The maximum Gasteiger partial charge on any atom is 0.239 e. The van der Waals surface area contributed by atoms with E-state index in [0.29, 0.717) is 6.54 Å². The molecule has 160 valence electrons. The van der Waals surface area contributed by atoms with E-state index in [4.69, 9.17) is 4.98 Å². The number of likely N-dealkylation sites (N-methyl/N-ethyl adjacent to an activating group) is 1. The van der Waals surface area contributed by atoms with Gasteiger partial charge < -0.3 is 4.90 Å². The van der Waals surface area contributed by atoms with E-state index in [1.807, 2.05) is 4.90 Å². The highest BCUT2D eigenvalue weighted by Gasteiger charge is 2.21. The fourth-order valence-electron chi connectivity index (χ4n) is 3.34. The van der Waals surface area contributed by atoms with E-state index in [0.717, 1.165) is 45.4 Å². The second-order valence-electron chi connectivity index (χ2n) is 7.24. The number of fused-ring (bicyclic) bond motifs is 1. The monoisotopic (exact) mass is 445 g/mol. The average molecular weight is 446 g/mol. The number of hydrogen-bond donors (Lipinski definition) is 0. The van der Waals surface area contributed by atoms with Crippen molar-refractivity contribution in [2.75, 3.05) is 36.8 Å². The summed E-state index contributed by atoms with van der Waals surface area (Å²) in [5.74, 6) is 0.0363. The molecule has 1 amide bonds. The Morgan fingerprint density at radius 2 is 1.80 bits per heavy atom. The minimum atomic E-state index is -0.272. The Bertz CT molecular complexity index is 1000. The van der Waals surface area contributed by atoms with Gasteiger partial charge in [0.1, 0.15) is 5.82 Å². The van der Waals surface area contributed by atoms with Crippen LogP contribution in [0.5, 0.6) is 0 Å². The van der Waals surface area contributed by atoms with E-state index >= 15 is 0 Å². The molecule has 0 unspecified atom stereocenters. The molecule has 1 aromatic heterocycles. The molecule has 0 saturated heterocycles. The van der Waals surface area contributed by atoms with Crippen molar-refractivity contribution in [2.24, 2.45) is 0 Å². The SMILES string of the molecule is CCN(CC)CCN(C(=O)CSc1ccc(F)cc1)c1nc2c(C)cc(C)cc2s1. The Labute approximate surface area is 186 Å². The van der Waals surface area contributed by atoms with Gasteiger partial charge in [0.25, 0.3) is 0 Å². The van der Waals surface area contributed by atoms with Crippen LogP contribution >= 0.6 is 23.1 Å². The number of aryl methyl sites for hydroxylation is 2. The summed E-state index contributed by atoms with van der Waals surface area (Å²) in [5.41, 5.74) is 3.29. The summed E-state index contributed by atoms with van der Waals surface area (Å²) in [7, 11) is 0. The molecule has 4 nitrogen and oxygen atoms in total. The second-order valence-corrected chi connectivity index (χ2v) is 9.30. The lowest BCUT2D eigenvalue weighted by atomic mass is 10.1. The number of nitrogens with zero attached hydrogens (tertiary/aromatic N) is 3. The molecule has 7 heteroatoms. The fourth-order valence-corrected chi connectivity index (χ4v) is 5.30. The first-order valence-electron chi connectivity index (χ1n) is 10.2. The third kappa shape index (κ3) is 5.59. The Balaban J connectivity index is 1.82. The number of amides is 1. The van der Waals surface area contributed by atoms with Crippen molar-refractivity contribution >= 4 is 44.4 Å². The molecule has 0 atom stereocenters. The van der Waals surface area contributed by atoms with Crippen molar-refractivity contribution in [1.82, 2.24) is 9.88 Å². The Kier molecular flexibility index (Phi) is 7.86. The molecule has 2 aromatic carbocycles. The number of carbonyl (C=O) groups is 1. The van der Waals surface area contributed by atoms with Crippen LogP contribution in [0, 0.1) is 19.7 Å². The summed E-state index contributed by atoms with van der Waals surface area (Å²) >= 11 is 2.99. The number of hydrogen-bond acceptors (Lipinski definition) is 5. The van der Waals surface area contributed by atoms with Gasteiger partial charge in [0.2, 0.25) is 5.91 Å². The van der Waals surface area contributed by atoms with Gasteiger partial charge in [-0.15, -0.1) is 11.8 Å². The second kappa shape index (κ2) is 10.4. The molecule has 0 radical (unpaired) electrons. The van der Waals surface area contributed by atoms with Crippen molar-refractivity contribution in [3.05, 3.63) is 53.3 Å². The van der Waals surface area contributed by atoms with Crippen molar-refractivity contribution in [3.63, 3.8) is 0 Å². The van der Waals surface area contributed by atoms with E-state index in [1.165, 1.54) is 29.5 Å². The molecule has 0 aliphatic heterocycles. The topological polar surface area (TPSA) is 36.4 Å². The molecule has 0 fully saturated rings. The van der Waals surface area contributed by atoms with E-state index in [-0.39, 0.29) is 17.5 Å². The summed E-state index contributed by atoms with van der Waals surface area (Å²) in [5, 5.41) is 0.746. The number of benzene rings is 2. The molecule has 3 aromatic rings. The molecule has 3 rings (SSSR count). The molecule has 0 bridgehead atoms. The maximum atomic E-state index is 13.2. The normalized spacial score (nSPS) is 11.4. The van der Waals surface area contributed by atoms with E-state index in [9.17, 15) is 9.18 Å². The summed E-state index contributed by atoms with van der Waals surface area (Å²) in [6.07, 6.45) is 0. The number of rotatable bonds is 9. The number of anilines is 1. The number of thiazole rings is 1. The molecular formula is C23H28FN3OS2. The molecule has 1 heterocycles. The van der Waals surface area contributed by atoms with Crippen molar-refractivity contribution in [3.8, 4) is 0 Å². The molecule has 0 spiro atoms. The first kappa shape index (κ1) is 22.7. The Morgan fingerprint density at radius 1 is 1.10 bits per heavy atom. The van der Waals surface area contributed by atoms with Gasteiger partial charge in [0, 0.05) is 18.0 Å². The van der Waals surface area contributed by atoms with Crippen LogP contribution in [0.25, 0.3) is 10.2 Å². The summed E-state index contributed by atoms with van der Waals surface area (Å²) in [6, 6.07) is 10.5. The highest BCUT2D eigenvalue weighted by Crippen LogP contribution is 2.32. The lowest BCUT2D eigenvalue weighted by Crippen LogP contribution is -2.39. The van der Waals surface area contributed by atoms with Crippen LogP contribution in [0.3, 0.4) is 0 Å². The standard InChI is InChI=1S/C23H28FN3OS2/c1-5-26(6-2)11-12-27(21(28)15-29-19-9-7-18(24)8-10-19)23-25-22-17(4)13-16(3)14-20(22)30-23/h7-10,13-14H,5-6,11-12,15H2,1-4H3. The van der Waals surface area contributed by atoms with Gasteiger partial charge in [-0.25, -0.2) is 9.37 Å². The number of halogens is 1. The van der Waals surface area contributed by atoms with Gasteiger partial charge in [-0.05, 0) is 68.4 Å². The fraction of sp³-hybridized carbons (Fsp3) is 0.391. The molecule has 0 N–H and O–H groups in total. The molecule has 0 saturated carbocycles. The minimum Gasteiger partial charge on any atom is -0.302 e. The maximum absolute atomic E-state index is 13.2. The lowest BCUT2D eigenvalue weighted by Gasteiger charge is -2.24. The van der Waals surface area contributed by atoms with Crippen LogP contribution in [-0.4, -0.2) is 47.7 Å². The van der Waals surface area contributed by atoms with Crippen molar-refractivity contribution in [1.29, 1.82) is 0 Å². The Hall–Kier alpha value is -1.96. The quantitative estimate of drug-likeness (QED) is 0.407. The highest BCUT2D eigenvalue weighted by atomic mass is 32.2. The predicted molar refractivity (Wildman–Crippen MR) is 126 cm³/mol. The Morgan fingerprint density at radius 3 is 2.47 bits per heavy atom. The largest absolute Gasteiger partial charge is 0.302 e. The van der Waals surface area contributed by atoms with Crippen LogP contribution in [0.1, 0.15) is 25.0 Å². The zero-order chi connectivity index (χ0) is 21.7. The van der Waals surface area contributed by atoms with Crippen molar-refractivity contribution in [2.45, 2.75) is 32.6 Å². The van der Waals surface area contributed by atoms with Gasteiger partial charge in [0.15, 0.2) is 5.13 Å². The van der Waals surface area contributed by atoms with Gasteiger partial charge in [-0.1, -0.05) is 31.3 Å². The van der Waals surface area contributed by atoms with Gasteiger partial charge in [0.05, 0.1) is 16.0 Å². The first-order valence-corrected chi connectivity index (χ1v) is 12.0. The highest BCUT2D eigenvalue weighted by molar-refractivity contribution is 8.00. The summed E-state index contributed by atoms with van der Waals surface area (Å²) in [6.45, 7) is 11.7. The van der Waals surface area contributed by atoms with Gasteiger partial charge in [-0.2, -0.15) is 0 Å². The smallest absolute Gasteiger partial charge is 0.239 e. The van der Waals surface area contributed by atoms with E-state index < -0.39 is 0 Å². The van der Waals surface area contributed by atoms with Crippen molar-refractivity contribution < 1.29 is 9.18 Å². The lowest BCUT2D eigenvalue weighted by molar-refractivity contribution is -0.116. The van der Waals surface area contributed by atoms with Crippen LogP contribution in [0.4, 0.5) is 9.52 Å². The zero-order valence-electron chi connectivity index (χ0n) is 17.9. The number of thioether (sulfide) groups is 1. The molecule has 0 aliphatic carbocycles. The molecular weight excluding hydrogens is 417 g/mol. The van der Waals surface area contributed by atoms with Crippen LogP contribution < -0.4 is 4.90 Å². The average Bonchev–Trinajstić information content (AvgIpc) is 3.14. The third-order valence-electron chi connectivity index (χ3n) is 5.06. The zero-order valence-corrected chi connectivity index (χ0v) is 19.6.